The van der Waals surface area contributed by atoms with Crippen LogP contribution in [-0.4, -0.2) is 33.5 Å². The lowest BCUT2D eigenvalue weighted by Crippen LogP contribution is -2.44. The normalized spacial score (nSPS) is 15.9. The quantitative estimate of drug-likeness (QED) is 0.607. The van der Waals surface area contributed by atoms with Gasteiger partial charge in [0.1, 0.15) is 5.52 Å². The first-order valence-corrected chi connectivity index (χ1v) is 11.9. The fourth-order valence-electron chi connectivity index (χ4n) is 4.27. The molecule has 1 N–H and O–H groups in total. The van der Waals surface area contributed by atoms with Crippen LogP contribution in [0.3, 0.4) is 0 Å². The fraction of sp³-hybridized carbons (Fsp3) is 0.478. The molecule has 0 spiro atoms. The molecule has 0 aliphatic carbocycles. The van der Waals surface area contributed by atoms with E-state index in [4.69, 9.17) is 0 Å². The second-order valence-corrected chi connectivity index (χ2v) is 8.94. The first-order chi connectivity index (χ1) is 15.1. The Morgan fingerprint density at radius 3 is 2.74 bits per heavy atom. The van der Waals surface area contributed by atoms with Crippen LogP contribution in [0.2, 0.25) is 0 Å². The third-order valence-electron chi connectivity index (χ3n) is 5.95. The van der Waals surface area contributed by atoms with Crippen molar-refractivity contribution in [3.05, 3.63) is 51.1 Å². The second-order valence-electron chi connectivity index (χ2n) is 7.96. The number of aryl methyl sites for hydroxylation is 1. The first-order valence-electron chi connectivity index (χ1n) is 11.1. The third kappa shape index (κ3) is 4.49. The van der Waals surface area contributed by atoms with Gasteiger partial charge in [0.2, 0.25) is 5.91 Å². The number of hydrogen-bond donors (Lipinski definition) is 1. The number of carbonyl (C=O) groups excluding carboxylic acids is 1. The second kappa shape index (κ2) is 9.60. The minimum atomic E-state index is -0.114. The highest BCUT2D eigenvalue weighted by Gasteiger charge is 2.29. The van der Waals surface area contributed by atoms with Crippen LogP contribution in [0.1, 0.15) is 50.4 Å². The maximum atomic E-state index is 13.0. The zero-order valence-corrected chi connectivity index (χ0v) is 18.9. The van der Waals surface area contributed by atoms with Gasteiger partial charge in [0.05, 0.1) is 6.04 Å². The van der Waals surface area contributed by atoms with Crippen molar-refractivity contribution in [3.63, 3.8) is 0 Å². The van der Waals surface area contributed by atoms with E-state index in [-0.39, 0.29) is 23.4 Å². The average Bonchev–Trinajstić information content (AvgIpc) is 3.33. The smallest absolute Gasteiger partial charge is 0.295 e. The molecule has 1 atom stereocenters. The Labute approximate surface area is 186 Å². The van der Waals surface area contributed by atoms with E-state index < -0.39 is 0 Å². The van der Waals surface area contributed by atoms with E-state index in [1.165, 1.54) is 4.88 Å². The Kier molecular flexibility index (Phi) is 6.65. The van der Waals surface area contributed by atoms with E-state index in [9.17, 15) is 9.59 Å². The van der Waals surface area contributed by atoms with Gasteiger partial charge in [-0.2, -0.15) is 0 Å². The van der Waals surface area contributed by atoms with Crippen LogP contribution >= 0.6 is 11.3 Å². The van der Waals surface area contributed by atoms with E-state index in [1.807, 2.05) is 30.0 Å². The molecule has 1 saturated heterocycles. The van der Waals surface area contributed by atoms with Gasteiger partial charge in [-0.3, -0.25) is 14.2 Å². The molecule has 1 amide bonds. The Hall–Kier alpha value is -2.74. The fourth-order valence-corrected chi connectivity index (χ4v) is 5.08. The third-order valence-corrected chi connectivity index (χ3v) is 6.93. The monoisotopic (exact) mass is 439 g/mol. The number of amides is 1. The van der Waals surface area contributed by atoms with Gasteiger partial charge in [-0.25, -0.2) is 9.97 Å². The minimum Gasteiger partial charge on any atom is -0.352 e. The molecular formula is C23H29N5O2S. The van der Waals surface area contributed by atoms with Crippen molar-refractivity contribution in [2.45, 2.75) is 52.1 Å². The number of rotatable bonds is 7. The minimum absolute atomic E-state index is 0.0360. The lowest BCUT2D eigenvalue weighted by molar-refractivity contribution is -0.126. The molecule has 31 heavy (non-hydrogen) atoms. The number of anilines is 1. The molecule has 1 fully saturated rings. The molecule has 3 aromatic heterocycles. The summed E-state index contributed by atoms with van der Waals surface area (Å²) in [6.07, 6.45) is 5.08. The summed E-state index contributed by atoms with van der Waals surface area (Å²) in [7, 11) is 0. The highest BCUT2D eigenvalue weighted by atomic mass is 32.1. The van der Waals surface area contributed by atoms with E-state index >= 15 is 0 Å². The first kappa shape index (κ1) is 21.5. The van der Waals surface area contributed by atoms with E-state index in [2.05, 4.69) is 33.7 Å². The number of nitrogens with one attached hydrogen (secondary N) is 1. The lowest BCUT2D eigenvalue weighted by atomic mass is 9.95. The van der Waals surface area contributed by atoms with Crippen LogP contribution in [0.5, 0.6) is 0 Å². The van der Waals surface area contributed by atoms with Gasteiger partial charge in [0.15, 0.2) is 11.5 Å². The lowest BCUT2D eigenvalue weighted by Gasteiger charge is -2.32. The van der Waals surface area contributed by atoms with Crippen molar-refractivity contribution in [1.29, 1.82) is 0 Å². The highest BCUT2D eigenvalue weighted by Crippen LogP contribution is 2.26. The molecule has 4 heterocycles. The zero-order chi connectivity index (χ0) is 21.8. The van der Waals surface area contributed by atoms with Gasteiger partial charge >= 0.3 is 0 Å². The van der Waals surface area contributed by atoms with Gasteiger partial charge in [-0.05, 0) is 49.8 Å². The van der Waals surface area contributed by atoms with Crippen molar-refractivity contribution in [2.75, 3.05) is 18.0 Å². The molecule has 0 aromatic carbocycles. The molecule has 4 rings (SSSR count). The van der Waals surface area contributed by atoms with Crippen LogP contribution in [0.15, 0.2) is 40.6 Å². The average molecular weight is 440 g/mol. The maximum absolute atomic E-state index is 13.0. The van der Waals surface area contributed by atoms with Crippen LogP contribution in [0, 0.1) is 5.92 Å². The molecule has 0 unspecified atom stereocenters. The number of thiophene rings is 1. The van der Waals surface area contributed by atoms with Crippen LogP contribution < -0.4 is 15.8 Å². The Bertz CT molecular complexity index is 1090. The summed E-state index contributed by atoms with van der Waals surface area (Å²) in [5.41, 5.74) is 1.22. The van der Waals surface area contributed by atoms with Crippen molar-refractivity contribution in [1.82, 2.24) is 19.9 Å². The van der Waals surface area contributed by atoms with E-state index in [0.29, 0.717) is 43.9 Å². The summed E-state index contributed by atoms with van der Waals surface area (Å²) >= 11 is 1.69. The summed E-state index contributed by atoms with van der Waals surface area (Å²) in [5.74, 6) is 0.544. The predicted octanol–water partition coefficient (Wildman–Crippen LogP) is 3.75. The zero-order valence-electron chi connectivity index (χ0n) is 18.1. The van der Waals surface area contributed by atoms with E-state index in [0.717, 1.165) is 18.4 Å². The number of fused-ring (bicyclic) bond motifs is 1. The maximum Gasteiger partial charge on any atom is 0.295 e. The Morgan fingerprint density at radius 2 is 2.06 bits per heavy atom. The predicted molar refractivity (Wildman–Crippen MR) is 125 cm³/mol. The van der Waals surface area contributed by atoms with Crippen molar-refractivity contribution in [3.8, 4) is 0 Å². The number of nitrogens with zero attached hydrogens (tertiary/aromatic N) is 4. The van der Waals surface area contributed by atoms with Gasteiger partial charge in [0.25, 0.3) is 5.56 Å². The molecule has 8 heteroatoms. The molecule has 1 aliphatic heterocycles. The van der Waals surface area contributed by atoms with Crippen LogP contribution in [0.4, 0.5) is 5.82 Å². The summed E-state index contributed by atoms with van der Waals surface area (Å²) < 4.78 is 1.67. The molecular weight excluding hydrogens is 410 g/mol. The number of piperidine rings is 1. The number of aromatic nitrogens is 3. The number of carbonyl (C=O) groups is 1. The standard InChI is InChI=1S/C23H29N5O2S/c1-3-7-17(19-9-6-15-31-19)26-22(29)16-10-13-27(14-11-16)21-23(30)28(4-2)20-18(25-21)8-5-12-24-20/h5-6,8-9,12,15-17H,3-4,7,10-11,13-14H2,1-2H3,(H,26,29)/t17-/m1/s1. The van der Waals surface area contributed by atoms with Gasteiger partial charge in [-0.1, -0.05) is 19.4 Å². The molecule has 164 valence electrons. The Morgan fingerprint density at radius 1 is 1.26 bits per heavy atom. The van der Waals surface area contributed by atoms with Crippen LogP contribution in [-0.2, 0) is 11.3 Å². The topological polar surface area (TPSA) is 80.1 Å². The Balaban J connectivity index is 1.46. The van der Waals surface area contributed by atoms with Gasteiger partial charge in [-0.15, -0.1) is 11.3 Å². The largest absolute Gasteiger partial charge is 0.352 e. The summed E-state index contributed by atoms with van der Waals surface area (Å²) in [4.78, 5) is 38.1. The number of pyridine rings is 1. The van der Waals surface area contributed by atoms with E-state index in [1.54, 1.807) is 22.1 Å². The molecule has 0 radical (unpaired) electrons. The number of hydrogen-bond acceptors (Lipinski definition) is 6. The summed E-state index contributed by atoms with van der Waals surface area (Å²) in [5, 5.41) is 5.32. The van der Waals surface area contributed by atoms with Gasteiger partial charge in [0, 0.05) is 36.6 Å². The molecule has 3 aromatic rings. The van der Waals surface area contributed by atoms with Crippen molar-refractivity contribution >= 4 is 34.2 Å². The summed E-state index contributed by atoms with van der Waals surface area (Å²) in [6.45, 7) is 5.92. The SMILES string of the molecule is CCC[C@@H](NC(=O)C1CCN(c2nc3cccnc3n(CC)c2=O)CC1)c1cccs1. The summed E-state index contributed by atoms with van der Waals surface area (Å²) in [6, 6.07) is 7.92. The van der Waals surface area contributed by atoms with Crippen molar-refractivity contribution in [2.24, 2.45) is 5.92 Å². The van der Waals surface area contributed by atoms with Crippen LogP contribution in [0.25, 0.3) is 11.2 Å². The van der Waals surface area contributed by atoms with Gasteiger partial charge < -0.3 is 10.2 Å². The van der Waals surface area contributed by atoms with Crippen molar-refractivity contribution < 1.29 is 4.79 Å². The molecule has 0 saturated carbocycles. The molecule has 7 nitrogen and oxygen atoms in total. The molecule has 0 bridgehead atoms. The molecule has 1 aliphatic rings. The highest BCUT2D eigenvalue weighted by molar-refractivity contribution is 7.10.